The van der Waals surface area contributed by atoms with Crippen LogP contribution in [-0.2, 0) is 4.79 Å². The lowest BCUT2D eigenvalue weighted by Gasteiger charge is -2.16. The molecule has 0 aliphatic carbocycles. The number of likely N-dealkylation sites (N-methyl/N-ethyl adjacent to an activating group) is 1. The molecule has 0 unspecified atom stereocenters. The molecule has 1 aromatic heterocycles. The van der Waals surface area contributed by atoms with Crippen molar-refractivity contribution in [1.82, 2.24) is 4.90 Å². The molecule has 2 rings (SSSR count). The minimum atomic E-state index is -0.323. The zero-order valence-corrected chi connectivity index (χ0v) is 12.3. The van der Waals surface area contributed by atoms with Crippen LogP contribution in [-0.4, -0.2) is 30.3 Å². The lowest BCUT2D eigenvalue weighted by molar-refractivity contribution is -0.116. The number of carbonyl (C=O) groups is 2. The summed E-state index contributed by atoms with van der Waals surface area (Å²) in [5, 5.41) is 2.81. The van der Waals surface area contributed by atoms with E-state index in [0.717, 1.165) is 16.8 Å². The molecule has 1 aromatic carbocycles. The predicted molar refractivity (Wildman–Crippen MR) is 80.2 cm³/mol. The van der Waals surface area contributed by atoms with Gasteiger partial charge in [0.1, 0.15) is 0 Å². The summed E-state index contributed by atoms with van der Waals surface area (Å²) in [6, 6.07) is 8.99. The predicted octanol–water partition coefficient (Wildman–Crippen LogP) is 2.61. The molecule has 2 aromatic rings. The van der Waals surface area contributed by atoms with Gasteiger partial charge >= 0.3 is 0 Å². The first-order chi connectivity index (χ1) is 9.97. The third-order valence-corrected chi connectivity index (χ3v) is 3.12. The fourth-order valence-corrected chi connectivity index (χ4v) is 2.02. The molecule has 0 atom stereocenters. The van der Waals surface area contributed by atoms with E-state index in [1.165, 1.54) is 11.2 Å². The maximum atomic E-state index is 12.0. The molecule has 1 heterocycles. The molecule has 0 aliphatic rings. The standard InChI is InChI=1S/C16H18N2O3/c1-11-6-7-13(12(2)9-11)17-15(19)10-18(3)16(20)14-5-4-8-21-14/h4-9H,10H2,1-3H3,(H,17,19). The fourth-order valence-electron chi connectivity index (χ4n) is 2.02. The molecule has 110 valence electrons. The molecular weight excluding hydrogens is 268 g/mol. The zero-order chi connectivity index (χ0) is 15.4. The van der Waals surface area contributed by atoms with E-state index in [1.807, 2.05) is 32.0 Å². The van der Waals surface area contributed by atoms with Crippen molar-refractivity contribution in [3.63, 3.8) is 0 Å². The van der Waals surface area contributed by atoms with Gasteiger partial charge in [-0.15, -0.1) is 0 Å². The first-order valence-corrected chi connectivity index (χ1v) is 6.63. The van der Waals surface area contributed by atoms with Gasteiger partial charge < -0.3 is 14.6 Å². The highest BCUT2D eigenvalue weighted by atomic mass is 16.3. The Morgan fingerprint density at radius 2 is 2.00 bits per heavy atom. The van der Waals surface area contributed by atoms with Crippen molar-refractivity contribution in [1.29, 1.82) is 0 Å². The first kappa shape index (κ1) is 14.8. The van der Waals surface area contributed by atoms with Crippen LogP contribution in [0.5, 0.6) is 0 Å². The van der Waals surface area contributed by atoms with Crippen LogP contribution < -0.4 is 5.32 Å². The van der Waals surface area contributed by atoms with Crippen LogP contribution in [0.15, 0.2) is 41.0 Å². The Bertz CT molecular complexity index is 648. The van der Waals surface area contributed by atoms with Gasteiger partial charge in [0.25, 0.3) is 5.91 Å². The second kappa shape index (κ2) is 6.26. The highest BCUT2D eigenvalue weighted by Gasteiger charge is 2.17. The minimum Gasteiger partial charge on any atom is -0.459 e. The molecule has 0 spiro atoms. The third kappa shape index (κ3) is 3.72. The van der Waals surface area contributed by atoms with Gasteiger partial charge in [0.2, 0.25) is 5.91 Å². The van der Waals surface area contributed by atoms with Crippen molar-refractivity contribution in [3.8, 4) is 0 Å². The second-order valence-electron chi connectivity index (χ2n) is 5.01. The number of benzene rings is 1. The topological polar surface area (TPSA) is 62.6 Å². The Morgan fingerprint density at radius 3 is 2.62 bits per heavy atom. The molecule has 0 aliphatic heterocycles. The van der Waals surface area contributed by atoms with Crippen LogP contribution in [0.2, 0.25) is 0 Å². The third-order valence-electron chi connectivity index (χ3n) is 3.12. The van der Waals surface area contributed by atoms with E-state index >= 15 is 0 Å². The molecule has 2 amide bonds. The summed E-state index contributed by atoms with van der Waals surface area (Å²) in [6.07, 6.45) is 1.43. The van der Waals surface area contributed by atoms with Crippen LogP contribution in [0.1, 0.15) is 21.7 Å². The maximum Gasteiger partial charge on any atom is 0.289 e. The van der Waals surface area contributed by atoms with Gasteiger partial charge in [-0.1, -0.05) is 17.7 Å². The molecule has 0 bridgehead atoms. The van der Waals surface area contributed by atoms with Crippen molar-refractivity contribution in [2.45, 2.75) is 13.8 Å². The lowest BCUT2D eigenvalue weighted by atomic mass is 10.1. The average Bonchev–Trinajstić information content (AvgIpc) is 2.95. The number of hydrogen-bond donors (Lipinski definition) is 1. The summed E-state index contributed by atoms with van der Waals surface area (Å²) >= 11 is 0. The molecule has 0 fully saturated rings. The van der Waals surface area contributed by atoms with Gasteiger partial charge in [-0.2, -0.15) is 0 Å². The summed E-state index contributed by atoms with van der Waals surface area (Å²) in [5.41, 5.74) is 2.88. The Balaban J connectivity index is 1.96. The molecular formula is C16H18N2O3. The summed E-state index contributed by atoms with van der Waals surface area (Å²) in [4.78, 5) is 25.3. The zero-order valence-electron chi connectivity index (χ0n) is 12.3. The van der Waals surface area contributed by atoms with E-state index in [2.05, 4.69) is 5.32 Å². The van der Waals surface area contributed by atoms with Gasteiger partial charge in [-0.05, 0) is 37.6 Å². The normalized spacial score (nSPS) is 10.2. The Kier molecular flexibility index (Phi) is 4.42. The lowest BCUT2D eigenvalue weighted by Crippen LogP contribution is -2.34. The van der Waals surface area contributed by atoms with E-state index in [-0.39, 0.29) is 24.1 Å². The Labute approximate surface area is 123 Å². The number of rotatable bonds is 4. The van der Waals surface area contributed by atoms with E-state index in [0.29, 0.717) is 0 Å². The molecule has 5 nitrogen and oxygen atoms in total. The maximum absolute atomic E-state index is 12.0. The van der Waals surface area contributed by atoms with E-state index < -0.39 is 0 Å². The number of aryl methyl sites for hydroxylation is 2. The molecule has 21 heavy (non-hydrogen) atoms. The fraction of sp³-hybridized carbons (Fsp3) is 0.250. The van der Waals surface area contributed by atoms with Gasteiger partial charge in [-0.25, -0.2) is 0 Å². The second-order valence-corrected chi connectivity index (χ2v) is 5.01. The van der Waals surface area contributed by atoms with E-state index in [9.17, 15) is 9.59 Å². The summed E-state index contributed by atoms with van der Waals surface area (Å²) in [6.45, 7) is 3.89. The van der Waals surface area contributed by atoms with Gasteiger partial charge in [0.15, 0.2) is 5.76 Å². The monoisotopic (exact) mass is 286 g/mol. The van der Waals surface area contributed by atoms with Crippen LogP contribution in [0, 0.1) is 13.8 Å². The molecule has 5 heteroatoms. The smallest absolute Gasteiger partial charge is 0.289 e. The van der Waals surface area contributed by atoms with Crippen molar-refractivity contribution in [2.24, 2.45) is 0 Å². The highest BCUT2D eigenvalue weighted by molar-refractivity contribution is 5.98. The van der Waals surface area contributed by atoms with Crippen molar-refractivity contribution in [3.05, 3.63) is 53.5 Å². The van der Waals surface area contributed by atoms with Crippen LogP contribution >= 0.6 is 0 Å². The van der Waals surface area contributed by atoms with Crippen molar-refractivity contribution >= 4 is 17.5 Å². The van der Waals surface area contributed by atoms with Crippen LogP contribution in [0.3, 0.4) is 0 Å². The Morgan fingerprint density at radius 1 is 1.24 bits per heavy atom. The number of hydrogen-bond acceptors (Lipinski definition) is 3. The van der Waals surface area contributed by atoms with Gasteiger partial charge in [0, 0.05) is 12.7 Å². The van der Waals surface area contributed by atoms with E-state index in [4.69, 9.17) is 4.42 Å². The SMILES string of the molecule is Cc1ccc(NC(=O)CN(C)C(=O)c2ccco2)c(C)c1. The minimum absolute atomic E-state index is 0.0349. The average molecular weight is 286 g/mol. The highest BCUT2D eigenvalue weighted by Crippen LogP contribution is 2.16. The quantitative estimate of drug-likeness (QED) is 0.939. The molecule has 0 saturated carbocycles. The number of nitrogens with one attached hydrogen (secondary N) is 1. The number of furan rings is 1. The van der Waals surface area contributed by atoms with Crippen molar-refractivity contribution < 1.29 is 14.0 Å². The van der Waals surface area contributed by atoms with Gasteiger partial charge in [0.05, 0.1) is 12.8 Å². The summed E-state index contributed by atoms with van der Waals surface area (Å²) in [7, 11) is 1.56. The number of anilines is 1. The number of nitrogens with zero attached hydrogens (tertiary/aromatic N) is 1. The van der Waals surface area contributed by atoms with Gasteiger partial charge in [-0.3, -0.25) is 9.59 Å². The first-order valence-electron chi connectivity index (χ1n) is 6.63. The van der Waals surface area contributed by atoms with E-state index in [1.54, 1.807) is 19.2 Å². The van der Waals surface area contributed by atoms with Crippen molar-refractivity contribution in [2.75, 3.05) is 18.9 Å². The summed E-state index contributed by atoms with van der Waals surface area (Å²) < 4.78 is 5.03. The van der Waals surface area contributed by atoms with Crippen LogP contribution in [0.25, 0.3) is 0 Å². The van der Waals surface area contributed by atoms with Crippen LogP contribution in [0.4, 0.5) is 5.69 Å². The largest absolute Gasteiger partial charge is 0.459 e. The molecule has 1 N–H and O–H groups in total. The molecule has 0 radical (unpaired) electrons. The number of carbonyl (C=O) groups excluding carboxylic acids is 2. The number of amides is 2. The summed E-state index contributed by atoms with van der Waals surface area (Å²) in [5.74, 6) is -0.350. The molecule has 0 saturated heterocycles. The Hall–Kier alpha value is -2.56.